The van der Waals surface area contributed by atoms with Crippen LogP contribution in [0.5, 0.6) is 11.5 Å². The second kappa shape index (κ2) is 6.98. The average Bonchev–Trinajstić information content (AvgIpc) is 2.96. The number of aromatic nitrogens is 3. The number of ether oxygens (including phenoxy) is 1. The van der Waals surface area contributed by atoms with E-state index in [1.54, 1.807) is 17.9 Å². The van der Waals surface area contributed by atoms with Gasteiger partial charge in [0.15, 0.2) is 5.82 Å². The molecule has 7 heteroatoms. The van der Waals surface area contributed by atoms with Gasteiger partial charge in [0.05, 0.1) is 18.4 Å². The van der Waals surface area contributed by atoms with Gasteiger partial charge in [0.2, 0.25) is 4.77 Å². The van der Waals surface area contributed by atoms with Crippen molar-refractivity contribution in [2.24, 2.45) is 0 Å². The summed E-state index contributed by atoms with van der Waals surface area (Å²) in [7, 11) is 1.62. The minimum Gasteiger partial charge on any atom is -0.507 e. The molecule has 6 nitrogen and oxygen atoms in total. The van der Waals surface area contributed by atoms with E-state index in [1.165, 1.54) is 0 Å². The molecule has 1 heterocycles. The maximum absolute atomic E-state index is 10.3. The van der Waals surface area contributed by atoms with Gasteiger partial charge in [-0.05, 0) is 60.1 Å². The van der Waals surface area contributed by atoms with E-state index in [-0.39, 0.29) is 5.75 Å². The summed E-state index contributed by atoms with van der Waals surface area (Å²) in [6.45, 7) is 4.20. The first-order chi connectivity index (χ1) is 12.0. The third-order valence-corrected chi connectivity index (χ3v) is 4.21. The predicted octanol–water partition coefficient (Wildman–Crippen LogP) is 4.32. The number of hydrogen-bond acceptors (Lipinski definition) is 5. The second-order valence-corrected chi connectivity index (χ2v) is 6.35. The molecule has 0 fully saturated rings. The van der Waals surface area contributed by atoms with E-state index in [2.05, 4.69) is 29.5 Å². The normalized spacial score (nSPS) is 10.9. The molecule has 0 unspecified atom stereocenters. The Morgan fingerprint density at radius 1 is 1.20 bits per heavy atom. The zero-order valence-corrected chi connectivity index (χ0v) is 15.1. The Kier molecular flexibility index (Phi) is 4.76. The van der Waals surface area contributed by atoms with Crippen molar-refractivity contribution >= 4 is 17.9 Å². The Labute approximate surface area is 151 Å². The van der Waals surface area contributed by atoms with E-state index in [9.17, 15) is 5.11 Å². The van der Waals surface area contributed by atoms with Crippen molar-refractivity contribution in [3.05, 3.63) is 52.8 Å². The minimum atomic E-state index is 0.149. The van der Waals surface area contributed by atoms with Gasteiger partial charge in [0.25, 0.3) is 0 Å². The standard InChI is InChI=1S/C18H20N4O2S/c1-11(2)12-4-9-16(23)15(10-12)17-19-20-18(25)22(17)21-13-5-7-14(24-3)8-6-13/h4-11,21,23H,1-3H3,(H,20,25). The lowest BCUT2D eigenvalue weighted by Gasteiger charge is -2.13. The molecule has 0 aliphatic carbocycles. The number of benzene rings is 2. The second-order valence-electron chi connectivity index (χ2n) is 5.96. The van der Waals surface area contributed by atoms with Crippen LogP contribution >= 0.6 is 12.2 Å². The summed E-state index contributed by atoms with van der Waals surface area (Å²) in [5, 5.41) is 17.3. The topological polar surface area (TPSA) is 75.1 Å². The van der Waals surface area contributed by atoms with E-state index in [0.717, 1.165) is 17.0 Å². The summed E-state index contributed by atoms with van der Waals surface area (Å²) in [6.07, 6.45) is 0. The zero-order chi connectivity index (χ0) is 18.0. The van der Waals surface area contributed by atoms with E-state index in [0.29, 0.717) is 22.1 Å². The smallest absolute Gasteiger partial charge is 0.214 e. The number of phenols is 1. The molecule has 0 bridgehead atoms. The number of aromatic amines is 1. The Hall–Kier alpha value is -2.80. The van der Waals surface area contributed by atoms with Crippen molar-refractivity contribution in [2.75, 3.05) is 12.5 Å². The summed E-state index contributed by atoms with van der Waals surface area (Å²) < 4.78 is 7.20. The lowest BCUT2D eigenvalue weighted by atomic mass is 10.00. The molecule has 2 aromatic carbocycles. The number of methoxy groups -OCH3 is 1. The first-order valence-electron chi connectivity index (χ1n) is 7.91. The van der Waals surface area contributed by atoms with Gasteiger partial charge >= 0.3 is 0 Å². The van der Waals surface area contributed by atoms with E-state index in [4.69, 9.17) is 17.0 Å². The lowest BCUT2D eigenvalue weighted by Crippen LogP contribution is -2.11. The maximum Gasteiger partial charge on any atom is 0.214 e. The number of aromatic hydroxyl groups is 1. The molecule has 3 aromatic rings. The van der Waals surface area contributed by atoms with Crippen molar-refractivity contribution < 1.29 is 9.84 Å². The molecule has 0 amide bonds. The van der Waals surface area contributed by atoms with Crippen LogP contribution in [0.15, 0.2) is 42.5 Å². The van der Waals surface area contributed by atoms with Crippen LogP contribution in [0.3, 0.4) is 0 Å². The lowest BCUT2D eigenvalue weighted by molar-refractivity contribution is 0.415. The van der Waals surface area contributed by atoms with Crippen LogP contribution in [0.2, 0.25) is 0 Å². The fourth-order valence-corrected chi connectivity index (χ4v) is 2.65. The largest absolute Gasteiger partial charge is 0.507 e. The Bertz CT molecular complexity index is 929. The highest BCUT2D eigenvalue weighted by molar-refractivity contribution is 7.71. The first kappa shape index (κ1) is 17.0. The first-order valence-corrected chi connectivity index (χ1v) is 8.32. The van der Waals surface area contributed by atoms with Crippen molar-refractivity contribution in [3.63, 3.8) is 0 Å². The van der Waals surface area contributed by atoms with Gasteiger partial charge in [-0.3, -0.25) is 5.43 Å². The molecule has 3 N–H and O–H groups in total. The minimum absolute atomic E-state index is 0.149. The van der Waals surface area contributed by atoms with Crippen LogP contribution in [-0.2, 0) is 0 Å². The van der Waals surface area contributed by atoms with Gasteiger partial charge in [0.1, 0.15) is 11.5 Å². The number of nitrogens with zero attached hydrogens (tertiary/aromatic N) is 2. The van der Waals surface area contributed by atoms with Gasteiger partial charge in [-0.2, -0.15) is 5.10 Å². The third-order valence-electron chi connectivity index (χ3n) is 3.93. The molecule has 1 aromatic heterocycles. The van der Waals surface area contributed by atoms with Crippen molar-refractivity contribution in [3.8, 4) is 22.9 Å². The zero-order valence-electron chi connectivity index (χ0n) is 14.3. The molecule has 130 valence electrons. The fourth-order valence-electron chi connectivity index (χ4n) is 2.47. The molecule has 0 radical (unpaired) electrons. The van der Waals surface area contributed by atoms with Gasteiger partial charge in [-0.25, -0.2) is 9.77 Å². The number of phenolic OH excluding ortho intramolecular Hbond substituents is 1. The van der Waals surface area contributed by atoms with Gasteiger partial charge in [-0.1, -0.05) is 19.9 Å². The SMILES string of the molecule is COc1ccc(Nn2c(-c3cc(C(C)C)ccc3O)n[nH]c2=S)cc1. The molecular weight excluding hydrogens is 336 g/mol. The van der Waals surface area contributed by atoms with Crippen molar-refractivity contribution in [1.82, 2.24) is 14.9 Å². The summed E-state index contributed by atoms with van der Waals surface area (Å²) in [5.74, 6) is 1.77. The molecule has 0 spiro atoms. The third kappa shape index (κ3) is 3.51. The molecule has 0 atom stereocenters. The highest BCUT2D eigenvalue weighted by Gasteiger charge is 2.15. The Morgan fingerprint density at radius 2 is 1.92 bits per heavy atom. The van der Waals surface area contributed by atoms with Crippen LogP contribution in [0.1, 0.15) is 25.3 Å². The average molecular weight is 356 g/mol. The Morgan fingerprint density at radius 3 is 2.56 bits per heavy atom. The number of hydrogen-bond donors (Lipinski definition) is 3. The number of rotatable bonds is 5. The van der Waals surface area contributed by atoms with E-state index < -0.39 is 0 Å². The molecule has 0 saturated heterocycles. The summed E-state index contributed by atoms with van der Waals surface area (Å²) in [4.78, 5) is 0. The molecular formula is C18H20N4O2S. The van der Waals surface area contributed by atoms with E-state index >= 15 is 0 Å². The van der Waals surface area contributed by atoms with Gasteiger partial charge < -0.3 is 9.84 Å². The highest BCUT2D eigenvalue weighted by atomic mass is 32.1. The number of H-pyrrole nitrogens is 1. The summed E-state index contributed by atoms with van der Waals surface area (Å²) in [5.41, 5.74) is 5.74. The molecule has 0 aliphatic heterocycles. The molecule has 3 rings (SSSR count). The monoisotopic (exact) mass is 356 g/mol. The highest BCUT2D eigenvalue weighted by Crippen LogP contribution is 2.31. The predicted molar refractivity (Wildman–Crippen MR) is 101 cm³/mol. The maximum atomic E-state index is 10.3. The van der Waals surface area contributed by atoms with Crippen LogP contribution < -0.4 is 10.2 Å². The number of nitrogens with one attached hydrogen (secondary N) is 2. The molecule has 0 aliphatic rings. The summed E-state index contributed by atoms with van der Waals surface area (Å²) in [6, 6.07) is 13.0. The molecule has 0 saturated carbocycles. The van der Waals surface area contributed by atoms with Gasteiger partial charge in [0, 0.05) is 0 Å². The van der Waals surface area contributed by atoms with Crippen LogP contribution in [0, 0.1) is 4.77 Å². The quantitative estimate of drug-likeness (QED) is 0.594. The van der Waals surface area contributed by atoms with Crippen LogP contribution in [0.25, 0.3) is 11.4 Å². The fraction of sp³-hybridized carbons (Fsp3) is 0.222. The van der Waals surface area contributed by atoms with E-state index in [1.807, 2.05) is 36.4 Å². The van der Waals surface area contributed by atoms with Crippen molar-refractivity contribution in [1.29, 1.82) is 0 Å². The van der Waals surface area contributed by atoms with Crippen molar-refractivity contribution in [2.45, 2.75) is 19.8 Å². The van der Waals surface area contributed by atoms with Crippen LogP contribution in [0.4, 0.5) is 5.69 Å². The molecule has 25 heavy (non-hydrogen) atoms. The Balaban J connectivity index is 2.02. The summed E-state index contributed by atoms with van der Waals surface area (Å²) >= 11 is 5.32. The van der Waals surface area contributed by atoms with Gasteiger partial charge in [-0.15, -0.1) is 0 Å². The van der Waals surface area contributed by atoms with Crippen LogP contribution in [-0.4, -0.2) is 27.1 Å². The number of anilines is 1.